The molecule has 3 fully saturated rings. The number of aromatic hydroxyl groups is 1. The molecule has 0 unspecified atom stereocenters. The van der Waals surface area contributed by atoms with Crippen LogP contribution in [0.2, 0.25) is 10.0 Å². The minimum Gasteiger partial charge on any atom is -0.508 e. The van der Waals surface area contributed by atoms with Crippen LogP contribution in [0.5, 0.6) is 11.5 Å². The number of azo groups is 1. The van der Waals surface area contributed by atoms with Gasteiger partial charge < -0.3 is 14.7 Å². The lowest BCUT2D eigenvalue weighted by Crippen LogP contribution is -2.53. The molecular formula is C47H38Cl2F3N7O6. The van der Waals surface area contributed by atoms with Crippen LogP contribution >= 0.6 is 23.2 Å². The number of nitrogens with zero attached hydrogens (tertiary/aromatic N) is 6. The molecule has 0 bridgehead atoms. The van der Waals surface area contributed by atoms with Gasteiger partial charge in [0.2, 0.25) is 11.8 Å². The lowest BCUT2D eigenvalue weighted by atomic mass is 9.49. The van der Waals surface area contributed by atoms with Crippen LogP contribution in [0, 0.1) is 23.7 Å². The fourth-order valence-corrected chi connectivity index (χ4v) is 10.3. The molecule has 6 atom stereocenters. The van der Waals surface area contributed by atoms with Gasteiger partial charge in [-0.15, -0.1) is 0 Å². The van der Waals surface area contributed by atoms with Gasteiger partial charge in [-0.2, -0.15) is 28.4 Å². The minimum atomic E-state index is -4.78. The maximum atomic E-state index is 15.5. The van der Waals surface area contributed by atoms with Crippen molar-refractivity contribution in [1.29, 1.82) is 0 Å². The zero-order valence-corrected chi connectivity index (χ0v) is 36.3. The summed E-state index contributed by atoms with van der Waals surface area (Å²) in [5, 5.41) is 20.9. The molecule has 0 radical (unpaired) electrons. The van der Waals surface area contributed by atoms with Gasteiger partial charge in [0, 0.05) is 42.5 Å². The quantitative estimate of drug-likeness (QED) is 0.0835. The van der Waals surface area contributed by atoms with Crippen LogP contribution in [0.4, 0.5) is 41.7 Å². The number of methoxy groups -OCH3 is 1. The molecule has 2 aliphatic heterocycles. The number of phenols is 1. The average Bonchev–Trinajstić information content (AvgIpc) is 3.66. The Morgan fingerprint density at radius 3 is 2.15 bits per heavy atom. The average molecular weight is 925 g/mol. The van der Waals surface area contributed by atoms with Gasteiger partial charge in [-0.3, -0.25) is 29.5 Å². The molecule has 2 aliphatic carbocycles. The van der Waals surface area contributed by atoms with E-state index in [0.717, 1.165) is 10.6 Å². The number of ether oxygens (including phenoxy) is 1. The molecule has 4 aromatic carbocycles. The number of hydrogen-bond donors (Lipinski definition) is 2. The molecule has 2 saturated heterocycles. The molecule has 9 rings (SSSR count). The number of nitrogens with one attached hydrogen (secondary N) is 1. The highest BCUT2D eigenvalue weighted by Crippen LogP contribution is 2.66. The Labute approximate surface area is 380 Å². The molecule has 4 aliphatic rings. The van der Waals surface area contributed by atoms with Crippen molar-refractivity contribution in [3.05, 3.63) is 142 Å². The number of phenolic OH excluding ortho intramolecular Hbond substituents is 1. The van der Waals surface area contributed by atoms with Crippen LogP contribution in [0.25, 0.3) is 0 Å². The number of benzene rings is 4. The molecule has 13 nitrogen and oxygen atoms in total. The Morgan fingerprint density at radius 2 is 1.54 bits per heavy atom. The van der Waals surface area contributed by atoms with Crippen molar-refractivity contribution in [2.24, 2.45) is 33.9 Å². The third-order valence-corrected chi connectivity index (χ3v) is 13.4. The van der Waals surface area contributed by atoms with Gasteiger partial charge in [0.05, 0.1) is 57.9 Å². The van der Waals surface area contributed by atoms with E-state index in [1.165, 1.54) is 13.2 Å². The maximum Gasteiger partial charge on any atom is 0.417 e. The zero-order chi connectivity index (χ0) is 46.1. The molecule has 1 saturated carbocycles. The monoisotopic (exact) mass is 923 g/mol. The van der Waals surface area contributed by atoms with Crippen LogP contribution in [-0.4, -0.2) is 59.9 Å². The SMILES string of the molecule is COc1cccc(O)c1[C@H]1C2=CC[C@@H]3C(=O)N(c4ccc(N=Nc5ccc(N(C)C)cc5)cc4)C(=O)[C@@H]3[C@@H]2C[C@H]2C(=O)N(Nc3ncc(C(F)(F)F)cc3Cl)C(=O)[C@@]12c1ccc(Cl)cc1. The predicted octanol–water partition coefficient (Wildman–Crippen LogP) is 9.79. The van der Waals surface area contributed by atoms with E-state index in [1.54, 1.807) is 60.7 Å². The summed E-state index contributed by atoms with van der Waals surface area (Å²) in [6.45, 7) is 0. The van der Waals surface area contributed by atoms with Crippen molar-refractivity contribution in [1.82, 2.24) is 9.99 Å². The number of carbonyl (C=O) groups is 4. The first-order valence-corrected chi connectivity index (χ1v) is 21.2. The highest BCUT2D eigenvalue weighted by Gasteiger charge is 2.71. The third-order valence-electron chi connectivity index (χ3n) is 12.9. The second-order valence-corrected chi connectivity index (χ2v) is 17.3. The number of anilines is 3. The van der Waals surface area contributed by atoms with Crippen molar-refractivity contribution >= 4 is 75.4 Å². The molecule has 5 aromatic rings. The van der Waals surface area contributed by atoms with Gasteiger partial charge in [0.1, 0.15) is 11.5 Å². The first-order chi connectivity index (χ1) is 31.0. The molecule has 4 amide bonds. The van der Waals surface area contributed by atoms with Gasteiger partial charge in [-0.25, -0.2) is 4.98 Å². The zero-order valence-electron chi connectivity index (χ0n) is 34.8. The van der Waals surface area contributed by atoms with Crippen molar-refractivity contribution < 1.29 is 42.2 Å². The van der Waals surface area contributed by atoms with Crippen LogP contribution in [0.15, 0.2) is 125 Å². The molecule has 0 spiro atoms. The summed E-state index contributed by atoms with van der Waals surface area (Å²) in [6, 6.07) is 25.5. The van der Waals surface area contributed by atoms with E-state index >= 15 is 9.59 Å². The highest BCUT2D eigenvalue weighted by atomic mass is 35.5. The number of rotatable bonds is 9. The topological polar surface area (TPSA) is 157 Å². The van der Waals surface area contributed by atoms with E-state index in [1.807, 2.05) is 49.3 Å². The van der Waals surface area contributed by atoms with Gasteiger partial charge in [0.15, 0.2) is 5.82 Å². The maximum absolute atomic E-state index is 15.5. The van der Waals surface area contributed by atoms with Crippen LogP contribution in [0.3, 0.4) is 0 Å². The Bertz CT molecular complexity index is 2820. The first kappa shape index (κ1) is 43.5. The van der Waals surface area contributed by atoms with Gasteiger partial charge in [0.25, 0.3) is 11.8 Å². The Hall–Kier alpha value is -6.78. The predicted molar refractivity (Wildman–Crippen MR) is 235 cm³/mol. The fourth-order valence-electron chi connectivity index (χ4n) is 9.95. The lowest BCUT2D eigenvalue weighted by Gasteiger charge is -2.50. The molecule has 18 heteroatoms. The van der Waals surface area contributed by atoms with Crippen LogP contribution in [0.1, 0.15) is 35.4 Å². The number of aromatic nitrogens is 1. The summed E-state index contributed by atoms with van der Waals surface area (Å²) in [6.07, 6.45) is -2.49. The van der Waals surface area contributed by atoms with Gasteiger partial charge in [-0.1, -0.05) is 53.1 Å². The van der Waals surface area contributed by atoms with E-state index in [9.17, 15) is 27.9 Å². The largest absolute Gasteiger partial charge is 0.508 e. The summed E-state index contributed by atoms with van der Waals surface area (Å²) in [7, 11) is 5.25. The number of carbonyl (C=O) groups excluding carboxylic acids is 4. The number of hydrogen-bond acceptors (Lipinski definition) is 11. The van der Waals surface area contributed by atoms with E-state index in [0.29, 0.717) is 50.5 Å². The Balaban J connectivity index is 1.13. The number of fused-ring (bicyclic) bond motifs is 4. The van der Waals surface area contributed by atoms with Crippen LogP contribution < -0.4 is 20.0 Å². The Morgan fingerprint density at radius 1 is 0.877 bits per heavy atom. The molecule has 65 heavy (non-hydrogen) atoms. The van der Waals surface area contributed by atoms with E-state index in [2.05, 4.69) is 20.6 Å². The number of alkyl halides is 3. The fraction of sp³-hybridized carbons (Fsp3) is 0.255. The molecule has 2 N–H and O–H groups in total. The second kappa shape index (κ2) is 16.3. The molecular weight excluding hydrogens is 886 g/mol. The van der Waals surface area contributed by atoms with E-state index < -0.39 is 81.2 Å². The smallest absolute Gasteiger partial charge is 0.417 e. The number of amides is 4. The summed E-state index contributed by atoms with van der Waals surface area (Å²) >= 11 is 12.7. The lowest BCUT2D eigenvalue weighted by molar-refractivity contribution is -0.139. The van der Waals surface area contributed by atoms with Crippen molar-refractivity contribution in [2.75, 3.05) is 36.4 Å². The number of halogens is 5. The normalized spacial score (nSPS) is 23.9. The van der Waals surface area contributed by atoms with E-state index in [4.69, 9.17) is 27.9 Å². The highest BCUT2D eigenvalue weighted by molar-refractivity contribution is 6.33. The number of hydrazine groups is 1. The summed E-state index contributed by atoms with van der Waals surface area (Å²) in [5.41, 5.74) is 2.96. The van der Waals surface area contributed by atoms with E-state index in [-0.39, 0.29) is 29.9 Å². The standard InChI is InChI=1S/C47H38Cl2F3N7O6/c1-57(2)29-15-11-27(12-16-29)54-55-28-13-17-30(18-14-28)58-42(61)32-20-19-31-33(38(32)44(58)63)22-34-43(62)59(56-41-35(49)21-25(23-53-41)47(50,51)52)45(64)46(34,24-7-9-26(48)10-8-24)40(31)39-36(60)5-4-6-37(39)65-3/h4-19,21,23,32-34,38,40,60H,20,22H2,1-3H3,(H,53,56)/t32-,33+,34-,38-,40+,46+/m0/s1. The van der Waals surface area contributed by atoms with Crippen molar-refractivity contribution in [3.8, 4) is 11.5 Å². The molecule has 332 valence electrons. The van der Waals surface area contributed by atoms with Crippen molar-refractivity contribution in [2.45, 2.75) is 30.4 Å². The van der Waals surface area contributed by atoms with Crippen LogP contribution in [-0.2, 0) is 30.8 Å². The Kier molecular flexibility index (Phi) is 10.9. The second-order valence-electron chi connectivity index (χ2n) is 16.5. The first-order valence-electron chi connectivity index (χ1n) is 20.4. The minimum absolute atomic E-state index is 0.0828. The molecule has 3 heterocycles. The van der Waals surface area contributed by atoms with Gasteiger partial charge in [-0.05, 0) is 103 Å². The summed E-state index contributed by atoms with van der Waals surface area (Å²) in [4.78, 5) is 66.7. The number of pyridine rings is 1. The van der Waals surface area contributed by atoms with Gasteiger partial charge >= 0.3 is 6.18 Å². The summed E-state index contributed by atoms with van der Waals surface area (Å²) < 4.78 is 46.6. The number of imide groups is 2. The third kappa shape index (κ3) is 7.15. The summed E-state index contributed by atoms with van der Waals surface area (Å²) in [5.74, 6) is -8.29. The molecule has 1 aromatic heterocycles. The number of allylic oxidation sites excluding steroid dienone is 2. The van der Waals surface area contributed by atoms with Crippen molar-refractivity contribution in [3.63, 3.8) is 0 Å².